The monoisotopic (exact) mass is 291 g/mol. The van der Waals surface area contributed by atoms with Crippen LogP contribution in [0.3, 0.4) is 0 Å². The van der Waals surface area contributed by atoms with Crippen molar-refractivity contribution < 1.29 is 19.4 Å². The van der Waals surface area contributed by atoms with Crippen LogP contribution in [0.5, 0.6) is 0 Å². The zero-order valence-corrected chi connectivity index (χ0v) is 12.0. The minimum absolute atomic E-state index is 0.0758. The van der Waals surface area contributed by atoms with Crippen molar-refractivity contribution >= 4 is 11.9 Å². The van der Waals surface area contributed by atoms with E-state index in [2.05, 4.69) is 5.32 Å². The second kappa shape index (κ2) is 7.78. The first-order chi connectivity index (χ1) is 10.1. The molecule has 114 valence electrons. The van der Waals surface area contributed by atoms with Crippen molar-refractivity contribution in [3.05, 3.63) is 35.4 Å². The van der Waals surface area contributed by atoms with Gasteiger partial charge in [-0.3, -0.25) is 4.79 Å². The molecule has 1 aliphatic rings. The summed E-state index contributed by atoms with van der Waals surface area (Å²) < 4.78 is 5.67. The smallest absolute Gasteiger partial charge is 0.335 e. The molecule has 5 heteroatoms. The number of hydrogen-bond acceptors (Lipinski definition) is 3. The van der Waals surface area contributed by atoms with Gasteiger partial charge in [-0.15, -0.1) is 0 Å². The number of hydrogen-bond donors (Lipinski definition) is 2. The first-order valence-electron chi connectivity index (χ1n) is 7.35. The number of nitrogens with one attached hydrogen (secondary N) is 1. The summed E-state index contributed by atoms with van der Waals surface area (Å²) in [5, 5.41) is 11.6. The number of ether oxygens (including phenoxy) is 1. The molecular weight excluding hydrogens is 270 g/mol. The highest BCUT2D eigenvalue weighted by Crippen LogP contribution is 2.20. The van der Waals surface area contributed by atoms with E-state index in [0.717, 1.165) is 18.4 Å². The first kappa shape index (κ1) is 15.5. The van der Waals surface area contributed by atoms with Crippen LogP contribution < -0.4 is 5.32 Å². The Kier molecular flexibility index (Phi) is 5.75. The van der Waals surface area contributed by atoms with Gasteiger partial charge >= 0.3 is 5.97 Å². The van der Waals surface area contributed by atoms with E-state index < -0.39 is 5.97 Å². The molecule has 1 amide bonds. The number of rotatable bonds is 7. The van der Waals surface area contributed by atoms with Gasteiger partial charge < -0.3 is 15.2 Å². The maximum absolute atomic E-state index is 11.7. The van der Waals surface area contributed by atoms with Crippen LogP contribution in [0.25, 0.3) is 0 Å². The van der Waals surface area contributed by atoms with Gasteiger partial charge in [0, 0.05) is 6.54 Å². The van der Waals surface area contributed by atoms with E-state index in [4.69, 9.17) is 9.84 Å². The van der Waals surface area contributed by atoms with E-state index in [1.807, 2.05) is 0 Å². The van der Waals surface area contributed by atoms with E-state index in [-0.39, 0.29) is 17.9 Å². The van der Waals surface area contributed by atoms with Crippen LogP contribution in [-0.2, 0) is 16.0 Å². The lowest BCUT2D eigenvalue weighted by Crippen LogP contribution is -2.29. The summed E-state index contributed by atoms with van der Waals surface area (Å²) in [6.45, 7) is 1.07. The number of carboxylic acids is 1. The molecule has 1 aromatic rings. The molecule has 0 bridgehead atoms. The Morgan fingerprint density at radius 1 is 1.19 bits per heavy atom. The molecule has 0 saturated heterocycles. The fraction of sp³-hybridized carbons (Fsp3) is 0.500. The highest BCUT2D eigenvalue weighted by Gasteiger charge is 2.14. The Morgan fingerprint density at radius 3 is 2.48 bits per heavy atom. The molecule has 0 atom stereocenters. The fourth-order valence-electron chi connectivity index (χ4n) is 2.48. The van der Waals surface area contributed by atoms with Crippen LogP contribution in [0.4, 0.5) is 0 Å². The predicted octanol–water partition coefficient (Wildman–Crippen LogP) is 2.00. The molecule has 0 aromatic heterocycles. The molecular formula is C16H21NO4. The standard InChI is InChI=1S/C16H21NO4/c18-15(17-9-10-21-14-3-1-2-4-14)11-12-5-7-13(8-6-12)16(19)20/h5-8,14H,1-4,9-11H2,(H,17,18)(H,19,20). The summed E-state index contributed by atoms with van der Waals surface area (Å²) in [7, 11) is 0. The van der Waals surface area contributed by atoms with Crippen LogP contribution in [-0.4, -0.2) is 36.2 Å². The number of benzene rings is 1. The summed E-state index contributed by atoms with van der Waals surface area (Å²) in [5.41, 5.74) is 1.03. The van der Waals surface area contributed by atoms with Gasteiger partial charge in [0.1, 0.15) is 0 Å². The topological polar surface area (TPSA) is 75.6 Å². The van der Waals surface area contributed by atoms with Crippen LogP contribution in [0.2, 0.25) is 0 Å². The molecule has 0 heterocycles. The molecule has 1 aliphatic carbocycles. The second-order valence-corrected chi connectivity index (χ2v) is 5.31. The van der Waals surface area contributed by atoms with Crippen molar-refractivity contribution in [3.8, 4) is 0 Å². The van der Waals surface area contributed by atoms with Crippen LogP contribution in [0, 0.1) is 0 Å². The van der Waals surface area contributed by atoms with E-state index in [1.165, 1.54) is 25.0 Å². The minimum atomic E-state index is -0.963. The predicted molar refractivity (Wildman–Crippen MR) is 78.3 cm³/mol. The number of carbonyl (C=O) groups excluding carboxylic acids is 1. The van der Waals surface area contributed by atoms with Gasteiger partial charge in [0.05, 0.1) is 24.7 Å². The fourth-order valence-corrected chi connectivity index (χ4v) is 2.48. The summed E-state index contributed by atoms with van der Waals surface area (Å²) >= 11 is 0. The van der Waals surface area contributed by atoms with Gasteiger partial charge in [0.15, 0.2) is 0 Å². The third-order valence-corrected chi connectivity index (χ3v) is 3.65. The molecule has 0 aliphatic heterocycles. The number of amides is 1. The second-order valence-electron chi connectivity index (χ2n) is 5.31. The highest BCUT2D eigenvalue weighted by atomic mass is 16.5. The Balaban J connectivity index is 1.65. The van der Waals surface area contributed by atoms with Crippen molar-refractivity contribution in [2.24, 2.45) is 0 Å². The maximum Gasteiger partial charge on any atom is 0.335 e. The number of aromatic carboxylic acids is 1. The van der Waals surface area contributed by atoms with Gasteiger partial charge in [0.2, 0.25) is 5.91 Å². The third-order valence-electron chi connectivity index (χ3n) is 3.65. The normalized spacial score (nSPS) is 15.0. The van der Waals surface area contributed by atoms with E-state index >= 15 is 0 Å². The van der Waals surface area contributed by atoms with Crippen LogP contribution in [0.1, 0.15) is 41.6 Å². The van der Waals surface area contributed by atoms with Crippen molar-refractivity contribution in [1.82, 2.24) is 5.32 Å². The summed E-state index contributed by atoms with van der Waals surface area (Å²) in [6, 6.07) is 6.35. The lowest BCUT2D eigenvalue weighted by Gasteiger charge is -2.11. The average Bonchev–Trinajstić information content (AvgIpc) is 2.97. The van der Waals surface area contributed by atoms with E-state index in [0.29, 0.717) is 19.3 Å². The molecule has 0 spiro atoms. The van der Waals surface area contributed by atoms with Crippen molar-refractivity contribution in [1.29, 1.82) is 0 Å². The Hall–Kier alpha value is -1.88. The summed E-state index contributed by atoms with van der Waals surface area (Å²) in [5.74, 6) is -1.04. The van der Waals surface area contributed by atoms with Gasteiger partial charge in [0.25, 0.3) is 0 Å². The molecule has 1 saturated carbocycles. The molecule has 0 radical (unpaired) electrons. The Bertz CT molecular complexity index is 478. The van der Waals surface area contributed by atoms with Gasteiger partial charge in [-0.1, -0.05) is 25.0 Å². The molecule has 5 nitrogen and oxygen atoms in total. The lowest BCUT2D eigenvalue weighted by molar-refractivity contribution is -0.120. The largest absolute Gasteiger partial charge is 0.478 e. The van der Waals surface area contributed by atoms with Crippen molar-refractivity contribution in [2.45, 2.75) is 38.2 Å². The lowest BCUT2D eigenvalue weighted by atomic mass is 10.1. The zero-order valence-electron chi connectivity index (χ0n) is 12.0. The molecule has 1 aromatic carbocycles. The number of carboxylic acid groups (broad SMARTS) is 1. The summed E-state index contributed by atoms with van der Waals surface area (Å²) in [6.07, 6.45) is 5.36. The molecule has 0 unspecified atom stereocenters. The first-order valence-corrected chi connectivity index (χ1v) is 7.35. The van der Waals surface area contributed by atoms with Gasteiger partial charge in [-0.05, 0) is 30.5 Å². The number of carbonyl (C=O) groups is 2. The van der Waals surface area contributed by atoms with Crippen LogP contribution >= 0.6 is 0 Å². The highest BCUT2D eigenvalue weighted by molar-refractivity contribution is 5.87. The zero-order chi connectivity index (χ0) is 15.1. The molecule has 2 N–H and O–H groups in total. The average molecular weight is 291 g/mol. The SMILES string of the molecule is O=C(Cc1ccc(C(=O)O)cc1)NCCOC1CCCC1. The van der Waals surface area contributed by atoms with E-state index in [9.17, 15) is 9.59 Å². The van der Waals surface area contributed by atoms with Crippen molar-refractivity contribution in [3.63, 3.8) is 0 Å². The van der Waals surface area contributed by atoms with Gasteiger partial charge in [-0.25, -0.2) is 4.79 Å². The van der Waals surface area contributed by atoms with E-state index in [1.54, 1.807) is 12.1 Å². The Labute approximate surface area is 124 Å². The maximum atomic E-state index is 11.7. The summed E-state index contributed by atoms with van der Waals surface area (Å²) in [4.78, 5) is 22.5. The molecule has 21 heavy (non-hydrogen) atoms. The van der Waals surface area contributed by atoms with Crippen LogP contribution in [0.15, 0.2) is 24.3 Å². The minimum Gasteiger partial charge on any atom is -0.478 e. The molecule has 1 fully saturated rings. The molecule has 2 rings (SSSR count). The quantitative estimate of drug-likeness (QED) is 0.753. The Morgan fingerprint density at radius 2 is 1.86 bits per heavy atom. The van der Waals surface area contributed by atoms with Gasteiger partial charge in [-0.2, -0.15) is 0 Å². The van der Waals surface area contributed by atoms with Crippen molar-refractivity contribution in [2.75, 3.05) is 13.2 Å². The third kappa shape index (κ3) is 5.19.